The molecule has 69 heavy (non-hydrogen) atoms. The number of nitrogens with zero attached hydrogens (tertiary/aromatic N) is 7. The summed E-state index contributed by atoms with van der Waals surface area (Å²) in [6, 6.07) is 15.7. The van der Waals surface area contributed by atoms with Gasteiger partial charge in [-0.05, 0) is 117 Å². The zero-order chi connectivity index (χ0) is 48.9. The lowest BCUT2D eigenvalue weighted by atomic mass is 9.91. The number of amides is 1. The van der Waals surface area contributed by atoms with Crippen molar-refractivity contribution in [2.24, 2.45) is 5.92 Å². The average molecular weight is 980 g/mol. The fourth-order valence-electron chi connectivity index (χ4n) is 10.8. The number of hydrogen-bond acceptors (Lipinski definition) is 10. The summed E-state index contributed by atoms with van der Waals surface area (Å²) in [5.74, 6) is -0.358. The van der Waals surface area contributed by atoms with Crippen LogP contribution in [-0.4, -0.2) is 91.2 Å². The van der Waals surface area contributed by atoms with Crippen molar-refractivity contribution < 1.29 is 31.4 Å². The molecule has 0 bridgehead atoms. The number of benzene rings is 3. The van der Waals surface area contributed by atoms with Gasteiger partial charge >= 0.3 is 11.4 Å². The standard InChI is InChI=1S/C49H55FN9O8PS/c1-8-68(63,9-2)41-13-11-35(26-38(41)54-69(7,64)65)56-18-19-57(48(56)62)44-42-31(6)55(17-14-37(42)52-59(44)36-22-28(3)43(50)29(4)23-36)45(60)40-25-34-24-33(32-15-20-66-21-16-32)10-12-39(34)58(40)49(27-30(49)5)46-51-47(61)67-53-46/h10-13,18-19,22-26,30-32,54H,8-9,14-17,20-21,27H2,1-7H3,(H,51,53,61)/t30-,31-,49-/m0/s1. The van der Waals surface area contributed by atoms with E-state index in [-0.39, 0.29) is 29.9 Å². The maximum absolute atomic E-state index is 15.6. The Kier molecular flexibility index (Phi) is 11.4. The molecular formula is C49H55FN9O8PS. The number of aromatic amines is 1. The lowest BCUT2D eigenvalue weighted by Gasteiger charge is -2.34. The number of aryl methyl sites for hydroxylation is 2. The molecule has 10 rings (SSSR count). The second-order valence-corrected chi connectivity index (χ2v) is 24.1. The van der Waals surface area contributed by atoms with Crippen LogP contribution >= 0.6 is 7.14 Å². The van der Waals surface area contributed by atoms with Gasteiger partial charge in [-0.1, -0.05) is 32.0 Å². The second kappa shape index (κ2) is 17.0. The first-order valence-electron chi connectivity index (χ1n) is 23.4. The molecule has 3 aliphatic rings. The van der Waals surface area contributed by atoms with E-state index in [4.69, 9.17) is 14.4 Å². The van der Waals surface area contributed by atoms with Crippen LogP contribution in [0, 0.1) is 25.6 Å². The lowest BCUT2D eigenvalue weighted by molar-refractivity contribution is 0.0663. The summed E-state index contributed by atoms with van der Waals surface area (Å²) < 4.78 is 74.1. The van der Waals surface area contributed by atoms with E-state index < -0.39 is 40.2 Å². The number of rotatable bonds is 12. The molecule has 1 aliphatic carbocycles. The predicted octanol–water partition coefficient (Wildman–Crippen LogP) is 7.04. The molecule has 6 heterocycles. The van der Waals surface area contributed by atoms with Crippen LogP contribution in [0.2, 0.25) is 0 Å². The zero-order valence-electron chi connectivity index (χ0n) is 39.6. The fraction of sp³-hybridized carbons (Fsp3) is 0.408. The maximum Gasteiger partial charge on any atom is 0.438 e. The van der Waals surface area contributed by atoms with Crippen molar-refractivity contribution in [3.8, 4) is 17.2 Å². The first-order valence-corrected chi connectivity index (χ1v) is 27.4. The van der Waals surface area contributed by atoms with Crippen molar-refractivity contribution in [3.63, 3.8) is 0 Å². The largest absolute Gasteiger partial charge is 0.438 e. The van der Waals surface area contributed by atoms with E-state index in [9.17, 15) is 22.6 Å². The van der Waals surface area contributed by atoms with E-state index in [1.165, 1.54) is 15.2 Å². The molecule has 7 aromatic rings. The maximum atomic E-state index is 15.6. The SMILES string of the molecule is CCP(=O)(CC)c1ccc(-n2ccn(-c3c4c(nn3-c3cc(C)c(F)c(C)c3)CCN(C(=O)c3cc5cc(C6CCOCC6)ccc5n3[C@@]3(c5noc(=O)[nH]5)C[C@@H]3C)[C@H]4C)c2=O)cc1NS(C)(=O)=O. The minimum atomic E-state index is -3.81. The molecule has 1 saturated heterocycles. The number of nitrogens with one attached hydrogen (secondary N) is 2. The molecule has 1 amide bonds. The van der Waals surface area contributed by atoms with Crippen LogP contribution in [-0.2, 0) is 31.3 Å². The second-order valence-electron chi connectivity index (χ2n) is 18.9. The highest BCUT2D eigenvalue weighted by Gasteiger charge is 2.59. The first kappa shape index (κ1) is 46.4. The summed E-state index contributed by atoms with van der Waals surface area (Å²) in [7, 11) is -6.80. The van der Waals surface area contributed by atoms with Gasteiger partial charge in [-0.2, -0.15) is 5.10 Å². The van der Waals surface area contributed by atoms with Crippen molar-refractivity contribution in [2.45, 2.75) is 84.7 Å². The molecule has 362 valence electrons. The first-order chi connectivity index (χ1) is 32.9. The van der Waals surface area contributed by atoms with Crippen molar-refractivity contribution in [2.75, 3.05) is 43.1 Å². The van der Waals surface area contributed by atoms with E-state index >= 15 is 9.18 Å². The van der Waals surface area contributed by atoms with Crippen LogP contribution in [0.1, 0.15) is 103 Å². The number of hydrogen-bond donors (Lipinski definition) is 2. The number of carbonyl (C=O) groups is 1. The monoisotopic (exact) mass is 979 g/mol. The normalized spacial score (nSPS) is 19.9. The highest BCUT2D eigenvalue weighted by Crippen LogP contribution is 2.56. The lowest BCUT2D eigenvalue weighted by Crippen LogP contribution is -2.41. The third-order valence-corrected chi connectivity index (χ3v) is 18.6. The number of H-pyrrole nitrogens is 1. The third-order valence-electron chi connectivity index (χ3n) is 14.7. The smallest absolute Gasteiger partial charge is 0.381 e. The zero-order valence-corrected chi connectivity index (χ0v) is 41.3. The van der Waals surface area contributed by atoms with E-state index in [2.05, 4.69) is 33.9 Å². The summed E-state index contributed by atoms with van der Waals surface area (Å²) in [4.78, 5) is 47.5. The Morgan fingerprint density at radius 3 is 2.30 bits per heavy atom. The summed E-state index contributed by atoms with van der Waals surface area (Å²) in [6.07, 6.45) is 7.48. The van der Waals surface area contributed by atoms with E-state index in [1.807, 2.05) is 23.6 Å². The molecule has 3 aromatic carbocycles. The van der Waals surface area contributed by atoms with Gasteiger partial charge in [-0.15, -0.1) is 0 Å². The highest BCUT2D eigenvalue weighted by atomic mass is 32.2. The molecule has 0 spiro atoms. The molecular weight excluding hydrogens is 925 g/mol. The van der Waals surface area contributed by atoms with Gasteiger partial charge < -0.3 is 18.8 Å². The number of imidazole rings is 1. The minimum absolute atomic E-state index is 0.0124. The predicted molar refractivity (Wildman–Crippen MR) is 261 cm³/mol. The van der Waals surface area contributed by atoms with Crippen LogP contribution in [0.5, 0.6) is 0 Å². The van der Waals surface area contributed by atoms with Gasteiger partial charge in [-0.3, -0.25) is 28.2 Å². The molecule has 2 N–H and O–H groups in total. The van der Waals surface area contributed by atoms with Crippen molar-refractivity contribution in [1.29, 1.82) is 0 Å². The molecule has 2 fully saturated rings. The Balaban J connectivity index is 1.12. The van der Waals surface area contributed by atoms with Crippen LogP contribution in [0.15, 0.2) is 81.1 Å². The Morgan fingerprint density at radius 1 is 0.971 bits per heavy atom. The molecule has 1 saturated carbocycles. The number of carbonyl (C=O) groups excluding carboxylic acids is 1. The van der Waals surface area contributed by atoms with Gasteiger partial charge in [0.15, 0.2) is 5.82 Å². The van der Waals surface area contributed by atoms with Gasteiger partial charge in [0.2, 0.25) is 10.0 Å². The number of sulfonamides is 1. The van der Waals surface area contributed by atoms with Gasteiger partial charge in [0.25, 0.3) is 5.91 Å². The number of anilines is 1. The number of ether oxygens (including phenoxy) is 1. The molecule has 0 unspecified atom stereocenters. The Hall–Kier alpha value is -6.30. The van der Waals surface area contributed by atoms with Crippen molar-refractivity contribution in [1.82, 2.24) is 38.5 Å². The Morgan fingerprint density at radius 2 is 1.67 bits per heavy atom. The molecule has 17 nitrogen and oxygen atoms in total. The van der Waals surface area contributed by atoms with Crippen molar-refractivity contribution >= 4 is 45.0 Å². The molecule has 20 heteroatoms. The Labute approximate surface area is 397 Å². The molecule has 4 aromatic heterocycles. The molecule has 0 radical (unpaired) electrons. The van der Waals surface area contributed by atoms with E-state index in [0.717, 1.165) is 35.6 Å². The van der Waals surface area contributed by atoms with Crippen LogP contribution in [0.4, 0.5) is 10.1 Å². The van der Waals surface area contributed by atoms with Gasteiger partial charge in [0, 0.05) is 72.7 Å². The fourth-order valence-corrected chi connectivity index (χ4v) is 13.5. The minimum Gasteiger partial charge on any atom is -0.381 e. The number of halogens is 1. The number of fused-ring (bicyclic) bond motifs is 2. The molecule has 3 atom stereocenters. The van der Waals surface area contributed by atoms with Gasteiger partial charge in [0.05, 0.1) is 35.1 Å². The van der Waals surface area contributed by atoms with E-state index in [0.29, 0.717) is 101 Å². The summed E-state index contributed by atoms with van der Waals surface area (Å²) in [5, 5.41) is 10.5. The topological polar surface area (TPSA) is 201 Å². The number of aromatic nitrogens is 7. The summed E-state index contributed by atoms with van der Waals surface area (Å²) in [5.41, 5.74) is 3.92. The van der Waals surface area contributed by atoms with Crippen LogP contribution in [0.3, 0.4) is 0 Å². The van der Waals surface area contributed by atoms with Crippen molar-refractivity contribution in [3.05, 3.63) is 133 Å². The third kappa shape index (κ3) is 7.73. The van der Waals surface area contributed by atoms with Gasteiger partial charge in [0.1, 0.15) is 30.0 Å². The van der Waals surface area contributed by atoms with Crippen LogP contribution < -0.4 is 21.5 Å². The summed E-state index contributed by atoms with van der Waals surface area (Å²) in [6.45, 7) is 12.5. The quantitative estimate of drug-likeness (QED) is 0.120. The van der Waals surface area contributed by atoms with E-state index in [1.54, 1.807) is 73.9 Å². The molecule has 2 aliphatic heterocycles. The summed E-state index contributed by atoms with van der Waals surface area (Å²) >= 11 is 0. The highest BCUT2D eigenvalue weighted by molar-refractivity contribution is 7.92. The van der Waals surface area contributed by atoms with Crippen LogP contribution in [0.25, 0.3) is 28.1 Å². The Bertz CT molecular complexity index is 3470. The van der Waals surface area contributed by atoms with Gasteiger partial charge in [-0.25, -0.2) is 27.1 Å². The average Bonchev–Trinajstić information content (AvgIpc) is 3.82.